The van der Waals surface area contributed by atoms with Crippen LogP contribution in [0.4, 0.5) is 0 Å². The van der Waals surface area contributed by atoms with E-state index in [0.717, 1.165) is 17.8 Å². The summed E-state index contributed by atoms with van der Waals surface area (Å²) in [6.07, 6.45) is 2.43. The number of aryl methyl sites for hydroxylation is 1. The van der Waals surface area contributed by atoms with Crippen LogP contribution in [0.3, 0.4) is 0 Å². The first-order valence-electron chi connectivity index (χ1n) is 4.38. The summed E-state index contributed by atoms with van der Waals surface area (Å²) in [5.74, 6) is 0.761. The van der Waals surface area contributed by atoms with E-state index in [-0.39, 0.29) is 5.56 Å². The molecule has 1 aromatic rings. The second-order valence-electron chi connectivity index (χ2n) is 3.32. The summed E-state index contributed by atoms with van der Waals surface area (Å²) in [6, 6.07) is 0. The Morgan fingerprint density at radius 1 is 1.71 bits per heavy atom. The van der Waals surface area contributed by atoms with Crippen LogP contribution in [0.15, 0.2) is 23.1 Å². The number of hydrogen-bond donors (Lipinski definition) is 0. The topological polar surface area (TPSA) is 34.9 Å². The summed E-state index contributed by atoms with van der Waals surface area (Å²) in [7, 11) is 0. The first kappa shape index (κ1) is 11.4. The van der Waals surface area contributed by atoms with E-state index in [9.17, 15) is 4.79 Å². The lowest BCUT2D eigenvalue weighted by molar-refractivity contribution is 0.624. The Morgan fingerprint density at radius 2 is 2.36 bits per heavy atom. The first-order valence-corrected chi connectivity index (χ1v) is 5.46. The van der Waals surface area contributed by atoms with Gasteiger partial charge in [0.15, 0.2) is 0 Å². The second-order valence-corrected chi connectivity index (χ2v) is 4.48. The molecule has 1 rings (SSSR count). The second kappa shape index (κ2) is 4.72. The highest BCUT2D eigenvalue weighted by Gasteiger charge is 2.04. The molecule has 76 valence electrons. The molecule has 0 unspecified atom stereocenters. The van der Waals surface area contributed by atoms with Crippen LogP contribution in [-0.2, 0) is 6.54 Å². The Balaban J connectivity index is 3.01. The van der Waals surface area contributed by atoms with Gasteiger partial charge in [-0.1, -0.05) is 5.57 Å². The van der Waals surface area contributed by atoms with E-state index < -0.39 is 0 Å². The van der Waals surface area contributed by atoms with Crippen molar-refractivity contribution in [2.75, 3.05) is 0 Å². The fourth-order valence-electron chi connectivity index (χ4n) is 1.12. The number of nitrogens with zero attached hydrogens (tertiary/aromatic N) is 2. The van der Waals surface area contributed by atoms with Crippen molar-refractivity contribution >= 4 is 22.6 Å². The zero-order valence-corrected chi connectivity index (χ0v) is 10.5. The van der Waals surface area contributed by atoms with Crippen LogP contribution < -0.4 is 5.56 Å². The lowest BCUT2D eigenvalue weighted by Gasteiger charge is -2.08. The van der Waals surface area contributed by atoms with Gasteiger partial charge in [-0.2, -0.15) is 0 Å². The van der Waals surface area contributed by atoms with Crippen LogP contribution in [0.2, 0.25) is 0 Å². The highest BCUT2D eigenvalue weighted by atomic mass is 127. The minimum atomic E-state index is 0.0411. The molecule has 0 saturated heterocycles. The zero-order chi connectivity index (χ0) is 10.7. The summed E-state index contributed by atoms with van der Waals surface area (Å²) in [6.45, 7) is 8.29. The maximum atomic E-state index is 11.7. The smallest absolute Gasteiger partial charge is 0.266 e. The number of allylic oxidation sites excluding steroid dienone is 1. The lowest BCUT2D eigenvalue weighted by Crippen LogP contribution is -2.25. The Hall–Kier alpha value is -0.650. The summed E-state index contributed by atoms with van der Waals surface area (Å²) < 4.78 is 2.35. The minimum Gasteiger partial charge on any atom is -0.296 e. The molecule has 4 heteroatoms. The molecular weight excluding hydrogens is 291 g/mol. The Bertz CT molecular complexity index is 409. The third-order valence-corrected chi connectivity index (χ3v) is 2.71. The predicted octanol–water partition coefficient (Wildman–Crippen LogP) is 2.12. The fraction of sp³-hybridized carbons (Fsp3) is 0.400. The highest BCUT2D eigenvalue weighted by Crippen LogP contribution is 2.02. The molecule has 0 fully saturated rings. The largest absolute Gasteiger partial charge is 0.296 e. The van der Waals surface area contributed by atoms with Crippen molar-refractivity contribution in [3.05, 3.63) is 38.1 Å². The summed E-state index contributed by atoms with van der Waals surface area (Å²) in [5.41, 5.74) is 1.12. The standard InChI is InChI=1S/C10H13IN2O/c1-7(2)4-5-13-8(3)12-6-9(11)10(13)14/h6H,1,4-5H2,2-3H3. The van der Waals surface area contributed by atoms with Crippen LogP contribution in [0.1, 0.15) is 19.2 Å². The van der Waals surface area contributed by atoms with Crippen LogP contribution in [0, 0.1) is 10.5 Å². The Labute approximate surface area is 97.0 Å². The van der Waals surface area contributed by atoms with Gasteiger partial charge in [-0.3, -0.25) is 9.36 Å². The van der Waals surface area contributed by atoms with Crippen molar-refractivity contribution in [2.24, 2.45) is 0 Å². The molecule has 0 spiro atoms. The summed E-state index contributed by atoms with van der Waals surface area (Å²) in [4.78, 5) is 15.8. The van der Waals surface area contributed by atoms with Crippen molar-refractivity contribution in [1.82, 2.24) is 9.55 Å². The van der Waals surface area contributed by atoms with Crippen molar-refractivity contribution in [3.63, 3.8) is 0 Å². The monoisotopic (exact) mass is 304 g/mol. The lowest BCUT2D eigenvalue weighted by atomic mass is 10.2. The van der Waals surface area contributed by atoms with Crippen molar-refractivity contribution < 1.29 is 0 Å². The molecule has 0 N–H and O–H groups in total. The molecule has 0 aliphatic rings. The maximum absolute atomic E-state index is 11.7. The number of hydrogen-bond acceptors (Lipinski definition) is 2. The van der Waals surface area contributed by atoms with E-state index in [4.69, 9.17) is 0 Å². The molecule has 0 aromatic carbocycles. The van der Waals surface area contributed by atoms with E-state index in [1.165, 1.54) is 0 Å². The average molecular weight is 304 g/mol. The molecule has 1 aromatic heterocycles. The van der Waals surface area contributed by atoms with Gasteiger partial charge >= 0.3 is 0 Å². The maximum Gasteiger partial charge on any atom is 0.266 e. The zero-order valence-electron chi connectivity index (χ0n) is 8.38. The van der Waals surface area contributed by atoms with Crippen molar-refractivity contribution in [3.8, 4) is 0 Å². The summed E-state index contributed by atoms with van der Waals surface area (Å²) >= 11 is 2.01. The average Bonchev–Trinajstić information content (AvgIpc) is 2.11. The van der Waals surface area contributed by atoms with E-state index in [2.05, 4.69) is 11.6 Å². The van der Waals surface area contributed by atoms with Crippen molar-refractivity contribution in [2.45, 2.75) is 26.8 Å². The van der Waals surface area contributed by atoms with Gasteiger partial charge in [0, 0.05) is 12.7 Å². The Kier molecular flexibility index (Phi) is 3.86. The molecule has 0 radical (unpaired) electrons. The highest BCUT2D eigenvalue weighted by molar-refractivity contribution is 14.1. The van der Waals surface area contributed by atoms with Gasteiger partial charge in [-0.15, -0.1) is 6.58 Å². The number of halogens is 1. The quantitative estimate of drug-likeness (QED) is 0.633. The molecule has 0 amide bonds. The van der Waals surface area contributed by atoms with Crippen LogP contribution >= 0.6 is 22.6 Å². The SMILES string of the molecule is C=C(C)CCn1c(C)ncc(I)c1=O. The molecule has 1 heterocycles. The van der Waals surface area contributed by atoms with E-state index >= 15 is 0 Å². The van der Waals surface area contributed by atoms with E-state index in [0.29, 0.717) is 10.1 Å². The van der Waals surface area contributed by atoms with Gasteiger partial charge in [-0.05, 0) is 42.9 Å². The molecular formula is C10H13IN2O. The normalized spacial score (nSPS) is 10.2. The third kappa shape index (κ3) is 2.67. The predicted molar refractivity (Wildman–Crippen MR) is 65.4 cm³/mol. The van der Waals surface area contributed by atoms with Gasteiger partial charge in [0.25, 0.3) is 5.56 Å². The van der Waals surface area contributed by atoms with Crippen LogP contribution in [0.5, 0.6) is 0 Å². The molecule has 0 aliphatic carbocycles. The number of aromatic nitrogens is 2. The molecule has 0 bridgehead atoms. The van der Waals surface area contributed by atoms with Gasteiger partial charge < -0.3 is 0 Å². The van der Waals surface area contributed by atoms with Crippen molar-refractivity contribution in [1.29, 1.82) is 0 Å². The Morgan fingerprint density at radius 3 is 2.93 bits per heavy atom. The van der Waals surface area contributed by atoms with Gasteiger partial charge in [-0.25, -0.2) is 4.98 Å². The molecule has 3 nitrogen and oxygen atoms in total. The summed E-state index contributed by atoms with van der Waals surface area (Å²) in [5, 5.41) is 0. The van der Waals surface area contributed by atoms with E-state index in [1.807, 2.05) is 36.4 Å². The first-order chi connectivity index (χ1) is 6.52. The minimum absolute atomic E-state index is 0.0411. The molecule has 0 saturated carbocycles. The van der Waals surface area contributed by atoms with E-state index in [1.54, 1.807) is 10.8 Å². The molecule has 0 atom stereocenters. The molecule has 14 heavy (non-hydrogen) atoms. The van der Waals surface area contributed by atoms with Gasteiger partial charge in [0.1, 0.15) is 5.82 Å². The fourth-order valence-corrected chi connectivity index (χ4v) is 1.55. The molecule has 0 aliphatic heterocycles. The van der Waals surface area contributed by atoms with Gasteiger partial charge in [0.2, 0.25) is 0 Å². The third-order valence-electron chi connectivity index (χ3n) is 1.97. The van der Waals surface area contributed by atoms with Crippen LogP contribution in [0.25, 0.3) is 0 Å². The number of rotatable bonds is 3. The van der Waals surface area contributed by atoms with Crippen LogP contribution in [-0.4, -0.2) is 9.55 Å². The van der Waals surface area contributed by atoms with Gasteiger partial charge in [0.05, 0.1) is 3.57 Å².